The van der Waals surface area contributed by atoms with Crippen molar-refractivity contribution < 1.29 is 4.79 Å². The summed E-state index contributed by atoms with van der Waals surface area (Å²) in [4.78, 5) is 11.6. The molecule has 0 aromatic carbocycles. The van der Waals surface area contributed by atoms with Gasteiger partial charge in [0.1, 0.15) is 5.69 Å². The highest BCUT2D eigenvalue weighted by molar-refractivity contribution is 6.05. The minimum atomic E-state index is -0.335. The van der Waals surface area contributed by atoms with Crippen LogP contribution in [-0.4, -0.2) is 25.9 Å². The summed E-state index contributed by atoms with van der Waals surface area (Å²) in [5.74, 6) is -0.335. The van der Waals surface area contributed by atoms with E-state index in [0.717, 1.165) is 0 Å². The lowest BCUT2D eigenvalue weighted by Gasteiger charge is -1.99. The fourth-order valence-corrected chi connectivity index (χ4v) is 1.16. The van der Waals surface area contributed by atoms with Crippen molar-refractivity contribution in [3.05, 3.63) is 24.3 Å². The zero-order valence-corrected chi connectivity index (χ0v) is 8.06. The number of hydrogen-bond donors (Lipinski definition) is 3. The molecule has 2 aromatic heterocycles. The van der Waals surface area contributed by atoms with E-state index in [1.54, 1.807) is 24.1 Å². The molecule has 2 rings (SSSR count). The number of hydrogen-bond acceptors (Lipinski definition) is 4. The van der Waals surface area contributed by atoms with Crippen LogP contribution in [0.4, 0.5) is 11.4 Å². The zero-order valence-electron chi connectivity index (χ0n) is 8.06. The van der Waals surface area contributed by atoms with Gasteiger partial charge in [-0.1, -0.05) is 0 Å². The number of H-pyrrole nitrogens is 1. The molecule has 0 unspecified atom stereocenters. The van der Waals surface area contributed by atoms with E-state index in [4.69, 9.17) is 5.73 Å². The van der Waals surface area contributed by atoms with Gasteiger partial charge < -0.3 is 11.1 Å². The van der Waals surface area contributed by atoms with Gasteiger partial charge in [-0.3, -0.25) is 14.6 Å². The number of anilines is 2. The van der Waals surface area contributed by atoms with Crippen molar-refractivity contribution in [3.63, 3.8) is 0 Å². The number of carbonyl (C=O) groups excluding carboxylic acids is 1. The van der Waals surface area contributed by atoms with Gasteiger partial charge in [0.2, 0.25) is 0 Å². The summed E-state index contributed by atoms with van der Waals surface area (Å²) in [5.41, 5.74) is 6.70. The van der Waals surface area contributed by atoms with E-state index in [1.807, 2.05) is 0 Å². The van der Waals surface area contributed by atoms with E-state index in [-0.39, 0.29) is 11.6 Å². The van der Waals surface area contributed by atoms with E-state index in [9.17, 15) is 4.79 Å². The number of nitrogen functional groups attached to an aromatic ring is 1. The molecule has 0 fully saturated rings. The molecule has 78 valence electrons. The van der Waals surface area contributed by atoms with Gasteiger partial charge >= 0.3 is 0 Å². The molecule has 0 aliphatic carbocycles. The van der Waals surface area contributed by atoms with Crippen molar-refractivity contribution in [1.82, 2.24) is 20.0 Å². The zero-order chi connectivity index (χ0) is 10.8. The Morgan fingerprint density at radius 3 is 2.93 bits per heavy atom. The van der Waals surface area contributed by atoms with Crippen LogP contribution in [0.5, 0.6) is 0 Å². The number of nitrogens with zero attached hydrogens (tertiary/aromatic N) is 3. The third-order valence-electron chi connectivity index (χ3n) is 1.86. The van der Waals surface area contributed by atoms with Crippen LogP contribution in [0.25, 0.3) is 0 Å². The monoisotopic (exact) mass is 206 g/mol. The van der Waals surface area contributed by atoms with E-state index < -0.39 is 0 Å². The second-order valence-electron chi connectivity index (χ2n) is 3.06. The molecule has 0 saturated heterocycles. The number of aryl methyl sites for hydroxylation is 1. The first kappa shape index (κ1) is 9.25. The maximum atomic E-state index is 11.6. The van der Waals surface area contributed by atoms with Crippen LogP contribution in [0.15, 0.2) is 18.6 Å². The summed E-state index contributed by atoms with van der Waals surface area (Å²) in [7, 11) is 1.76. The molecule has 4 N–H and O–H groups in total. The van der Waals surface area contributed by atoms with Gasteiger partial charge in [0, 0.05) is 13.2 Å². The molecule has 0 spiro atoms. The standard InChI is InChI=1S/C8H10N6O/c1-14-4-5(2-11-14)12-8(15)7-6(9)3-10-13-7/h2-4H,9H2,1H3,(H,10,13)(H,12,15). The highest BCUT2D eigenvalue weighted by Crippen LogP contribution is 2.10. The van der Waals surface area contributed by atoms with Crippen LogP contribution in [0.2, 0.25) is 0 Å². The summed E-state index contributed by atoms with van der Waals surface area (Å²) in [6.07, 6.45) is 4.62. The summed E-state index contributed by atoms with van der Waals surface area (Å²) >= 11 is 0. The van der Waals surface area contributed by atoms with E-state index in [2.05, 4.69) is 20.6 Å². The number of aromatic nitrogens is 4. The van der Waals surface area contributed by atoms with Crippen molar-refractivity contribution in [1.29, 1.82) is 0 Å². The predicted molar refractivity (Wildman–Crippen MR) is 54.2 cm³/mol. The molecule has 0 atom stereocenters. The Bertz CT molecular complexity index is 485. The van der Waals surface area contributed by atoms with Crippen LogP contribution in [-0.2, 0) is 7.05 Å². The minimum Gasteiger partial charge on any atom is -0.396 e. The number of carbonyl (C=O) groups is 1. The lowest BCUT2D eigenvalue weighted by molar-refractivity contribution is 0.102. The highest BCUT2D eigenvalue weighted by atomic mass is 16.2. The van der Waals surface area contributed by atoms with Gasteiger partial charge in [-0.25, -0.2) is 0 Å². The molecule has 2 aromatic rings. The van der Waals surface area contributed by atoms with Crippen molar-refractivity contribution in [2.45, 2.75) is 0 Å². The molecular formula is C8H10N6O. The second kappa shape index (κ2) is 3.45. The summed E-state index contributed by atoms with van der Waals surface area (Å²) < 4.78 is 1.59. The summed E-state index contributed by atoms with van der Waals surface area (Å²) in [6, 6.07) is 0. The van der Waals surface area contributed by atoms with Crippen LogP contribution in [0.3, 0.4) is 0 Å². The SMILES string of the molecule is Cn1cc(NC(=O)c2[nH]ncc2N)cn1. The average molecular weight is 206 g/mol. The molecule has 0 aliphatic rings. The third-order valence-corrected chi connectivity index (χ3v) is 1.86. The molecule has 1 amide bonds. The Hall–Kier alpha value is -2.31. The van der Waals surface area contributed by atoms with Gasteiger partial charge in [-0.15, -0.1) is 0 Å². The normalized spacial score (nSPS) is 10.2. The van der Waals surface area contributed by atoms with Gasteiger partial charge in [-0.2, -0.15) is 10.2 Å². The maximum absolute atomic E-state index is 11.6. The van der Waals surface area contributed by atoms with E-state index in [1.165, 1.54) is 6.20 Å². The van der Waals surface area contributed by atoms with Crippen molar-refractivity contribution >= 4 is 17.3 Å². The average Bonchev–Trinajstić information content (AvgIpc) is 2.75. The molecule has 15 heavy (non-hydrogen) atoms. The Morgan fingerprint density at radius 1 is 1.60 bits per heavy atom. The van der Waals surface area contributed by atoms with Gasteiger partial charge in [-0.05, 0) is 0 Å². The maximum Gasteiger partial charge on any atom is 0.275 e. The number of rotatable bonds is 2. The first-order valence-electron chi connectivity index (χ1n) is 4.25. The molecule has 0 saturated carbocycles. The summed E-state index contributed by atoms with van der Waals surface area (Å²) in [5, 5.41) is 12.7. The fourth-order valence-electron chi connectivity index (χ4n) is 1.16. The smallest absolute Gasteiger partial charge is 0.275 e. The minimum absolute atomic E-state index is 0.249. The Labute approximate surface area is 85.3 Å². The van der Waals surface area contributed by atoms with Crippen molar-refractivity contribution in [2.24, 2.45) is 7.05 Å². The highest BCUT2D eigenvalue weighted by Gasteiger charge is 2.12. The van der Waals surface area contributed by atoms with Crippen LogP contribution < -0.4 is 11.1 Å². The number of amides is 1. The first-order chi connectivity index (χ1) is 7.16. The van der Waals surface area contributed by atoms with Crippen LogP contribution in [0, 0.1) is 0 Å². The van der Waals surface area contributed by atoms with Gasteiger partial charge in [0.05, 0.1) is 23.8 Å². The molecule has 0 radical (unpaired) electrons. The van der Waals surface area contributed by atoms with Crippen molar-refractivity contribution in [2.75, 3.05) is 11.1 Å². The molecule has 2 heterocycles. The van der Waals surface area contributed by atoms with Gasteiger partial charge in [0.15, 0.2) is 0 Å². The third kappa shape index (κ3) is 1.80. The Morgan fingerprint density at radius 2 is 2.40 bits per heavy atom. The van der Waals surface area contributed by atoms with Crippen molar-refractivity contribution in [3.8, 4) is 0 Å². The number of nitrogens with one attached hydrogen (secondary N) is 2. The second-order valence-corrected chi connectivity index (χ2v) is 3.06. The van der Waals surface area contributed by atoms with Crippen LogP contribution in [0.1, 0.15) is 10.5 Å². The Kier molecular flexibility index (Phi) is 2.13. The number of aromatic amines is 1. The molecule has 7 heteroatoms. The van der Waals surface area contributed by atoms with Crippen LogP contribution >= 0.6 is 0 Å². The lowest BCUT2D eigenvalue weighted by atomic mass is 10.3. The molecule has 7 nitrogen and oxygen atoms in total. The quantitative estimate of drug-likeness (QED) is 0.642. The van der Waals surface area contributed by atoms with E-state index >= 15 is 0 Å². The topological polar surface area (TPSA) is 102 Å². The predicted octanol–water partition coefficient (Wildman–Crippen LogP) is -0.0223. The fraction of sp³-hybridized carbons (Fsp3) is 0.125. The van der Waals surface area contributed by atoms with E-state index in [0.29, 0.717) is 11.4 Å². The largest absolute Gasteiger partial charge is 0.396 e. The first-order valence-corrected chi connectivity index (χ1v) is 4.25. The Balaban J connectivity index is 2.14. The lowest BCUT2D eigenvalue weighted by Crippen LogP contribution is -2.13. The van der Waals surface area contributed by atoms with Gasteiger partial charge in [0.25, 0.3) is 5.91 Å². The molecule has 0 bridgehead atoms. The molecule has 0 aliphatic heterocycles. The molecular weight excluding hydrogens is 196 g/mol. The summed E-state index contributed by atoms with van der Waals surface area (Å²) in [6.45, 7) is 0. The number of nitrogens with two attached hydrogens (primary N) is 1.